The zero-order valence-corrected chi connectivity index (χ0v) is 9.66. The van der Waals surface area contributed by atoms with Gasteiger partial charge < -0.3 is 0 Å². The van der Waals surface area contributed by atoms with Gasteiger partial charge in [-0.15, -0.1) is 0 Å². The Morgan fingerprint density at radius 3 is 2.24 bits per heavy atom. The Balaban J connectivity index is 0.00000144. The van der Waals surface area contributed by atoms with E-state index in [1.54, 1.807) is 18.2 Å². The Hall–Kier alpha value is -0.390. The summed E-state index contributed by atoms with van der Waals surface area (Å²) in [6.45, 7) is 1.95. The first kappa shape index (κ1) is 14.7. The van der Waals surface area contributed by atoms with E-state index in [1.165, 1.54) is 0 Å². The first-order chi connectivity index (χ1) is 7.54. The third-order valence-electron chi connectivity index (χ3n) is 2.61. The molecule has 0 radical (unpaired) electrons. The molecule has 1 N–H and O–H groups in total. The molecule has 5 heteroatoms. The van der Waals surface area contributed by atoms with Gasteiger partial charge in [-0.1, -0.05) is 37.3 Å². The zero-order valence-electron chi connectivity index (χ0n) is 8.84. The van der Waals surface area contributed by atoms with Crippen LogP contribution in [0, 0.1) is 0 Å². The molecule has 0 aromatic heterocycles. The molecule has 0 amide bonds. The summed E-state index contributed by atoms with van der Waals surface area (Å²) in [5, 5.41) is 0. The van der Waals surface area contributed by atoms with Gasteiger partial charge in [0, 0.05) is 5.56 Å². The summed E-state index contributed by atoms with van der Waals surface area (Å²) in [4.78, 5) is -0.00412. The first-order valence-electron chi connectivity index (χ1n) is 5.02. The fourth-order valence-corrected chi connectivity index (χ4v) is 2.61. The minimum atomic E-state index is -4.15. The molecular weight excluding hydrogens is 247 g/mol. The standard InChI is InChI=1S/C12H12O3S.Na.H/c1-2-9-8-12(16(13,14)15)11-7-5-3-4-6-10(9)11;;/h3-8H,2H2,1H3,(H,13,14,15);;. The van der Waals surface area contributed by atoms with Crippen molar-refractivity contribution in [1.29, 1.82) is 0 Å². The van der Waals surface area contributed by atoms with E-state index in [1.807, 2.05) is 25.1 Å². The van der Waals surface area contributed by atoms with Crippen molar-refractivity contribution in [3.8, 4) is 11.1 Å². The van der Waals surface area contributed by atoms with E-state index < -0.39 is 10.1 Å². The molecule has 3 nitrogen and oxygen atoms in total. The molecule has 2 rings (SSSR count). The number of rotatable bonds is 2. The van der Waals surface area contributed by atoms with E-state index in [-0.39, 0.29) is 34.5 Å². The second kappa shape index (κ2) is 5.50. The maximum atomic E-state index is 11.2. The second-order valence-corrected chi connectivity index (χ2v) is 4.99. The van der Waals surface area contributed by atoms with Crippen LogP contribution >= 0.6 is 0 Å². The van der Waals surface area contributed by atoms with Crippen molar-refractivity contribution in [2.45, 2.75) is 18.2 Å². The number of hydrogen-bond acceptors (Lipinski definition) is 2. The van der Waals surface area contributed by atoms with Crippen molar-refractivity contribution in [3.63, 3.8) is 0 Å². The van der Waals surface area contributed by atoms with Crippen LogP contribution in [0.3, 0.4) is 0 Å². The van der Waals surface area contributed by atoms with Gasteiger partial charge in [0.25, 0.3) is 10.1 Å². The van der Waals surface area contributed by atoms with Crippen LogP contribution < -0.4 is 0 Å². The van der Waals surface area contributed by atoms with Crippen LogP contribution in [0.4, 0.5) is 0 Å². The quantitative estimate of drug-likeness (QED) is 0.663. The maximum absolute atomic E-state index is 11.2. The normalized spacial score (nSPS) is 11.2. The fourth-order valence-electron chi connectivity index (χ4n) is 1.86. The van der Waals surface area contributed by atoms with Gasteiger partial charge in [0.05, 0.1) is 0 Å². The van der Waals surface area contributed by atoms with Crippen molar-refractivity contribution < 1.29 is 13.0 Å². The third-order valence-corrected chi connectivity index (χ3v) is 3.51. The summed E-state index contributed by atoms with van der Waals surface area (Å²) < 4.78 is 31.6. The van der Waals surface area contributed by atoms with E-state index in [9.17, 15) is 8.42 Å². The van der Waals surface area contributed by atoms with Crippen molar-refractivity contribution in [1.82, 2.24) is 0 Å². The predicted molar refractivity (Wildman–Crippen MR) is 69.4 cm³/mol. The van der Waals surface area contributed by atoms with Gasteiger partial charge in [0.15, 0.2) is 0 Å². The Bertz CT molecular complexity index is 593. The SMILES string of the molecule is CCc1cc(S(=O)(=O)O)c2cccccc1-2.[NaH]. The summed E-state index contributed by atoms with van der Waals surface area (Å²) in [7, 11) is -4.15. The Morgan fingerprint density at radius 1 is 1.12 bits per heavy atom. The molecule has 2 aliphatic carbocycles. The van der Waals surface area contributed by atoms with Crippen LogP contribution in [-0.2, 0) is 16.5 Å². The van der Waals surface area contributed by atoms with E-state index in [2.05, 4.69) is 0 Å². The van der Waals surface area contributed by atoms with Crippen LogP contribution in [0.15, 0.2) is 41.3 Å². The van der Waals surface area contributed by atoms with Crippen LogP contribution in [0.1, 0.15) is 12.5 Å². The molecule has 0 aromatic rings. The Morgan fingerprint density at radius 2 is 1.71 bits per heavy atom. The van der Waals surface area contributed by atoms with Gasteiger partial charge >= 0.3 is 29.6 Å². The van der Waals surface area contributed by atoms with Crippen molar-refractivity contribution in [3.05, 3.63) is 42.0 Å². The van der Waals surface area contributed by atoms with E-state index >= 15 is 0 Å². The molecular formula is C12H13NaO3S. The molecule has 0 aromatic carbocycles. The average Bonchev–Trinajstić information content (AvgIpc) is 2.41. The van der Waals surface area contributed by atoms with Gasteiger partial charge in [-0.25, -0.2) is 0 Å². The summed E-state index contributed by atoms with van der Waals surface area (Å²) >= 11 is 0. The zero-order chi connectivity index (χ0) is 11.8. The molecule has 0 saturated heterocycles. The number of hydrogen-bond donors (Lipinski definition) is 1. The molecule has 0 aliphatic heterocycles. The number of fused-ring (bicyclic) bond motifs is 1. The van der Waals surface area contributed by atoms with Gasteiger partial charge in [-0.2, -0.15) is 8.42 Å². The summed E-state index contributed by atoms with van der Waals surface area (Å²) in [6.07, 6.45) is 0.732. The minimum absolute atomic E-state index is 0. The van der Waals surface area contributed by atoms with Gasteiger partial charge in [-0.3, -0.25) is 4.55 Å². The summed E-state index contributed by atoms with van der Waals surface area (Å²) in [6, 6.07) is 10.6. The Labute approximate surface area is 123 Å². The summed E-state index contributed by atoms with van der Waals surface area (Å²) in [5.74, 6) is 0. The van der Waals surface area contributed by atoms with E-state index in [0.717, 1.165) is 17.5 Å². The first-order valence-corrected chi connectivity index (χ1v) is 6.46. The molecule has 0 saturated carbocycles. The molecule has 0 unspecified atom stereocenters. The monoisotopic (exact) mass is 260 g/mol. The molecule has 17 heavy (non-hydrogen) atoms. The molecule has 0 bridgehead atoms. The number of aryl methyl sites for hydroxylation is 1. The predicted octanol–water partition coefficient (Wildman–Crippen LogP) is 1.95. The van der Waals surface area contributed by atoms with Crippen molar-refractivity contribution in [2.75, 3.05) is 0 Å². The van der Waals surface area contributed by atoms with Crippen LogP contribution in [0.25, 0.3) is 11.1 Å². The fraction of sp³-hybridized carbons (Fsp3) is 0.167. The second-order valence-electron chi connectivity index (χ2n) is 3.60. The van der Waals surface area contributed by atoms with Gasteiger partial charge in [0.1, 0.15) is 4.90 Å². The molecule has 0 spiro atoms. The molecule has 0 fully saturated rings. The average molecular weight is 260 g/mol. The molecule has 0 heterocycles. The summed E-state index contributed by atoms with van der Waals surface area (Å²) in [5.41, 5.74) is 2.38. The van der Waals surface area contributed by atoms with Gasteiger partial charge in [0.2, 0.25) is 0 Å². The van der Waals surface area contributed by atoms with E-state index in [4.69, 9.17) is 4.55 Å². The van der Waals surface area contributed by atoms with Gasteiger partial charge in [-0.05, 0) is 23.6 Å². The molecule has 2 aliphatic rings. The van der Waals surface area contributed by atoms with E-state index in [0.29, 0.717) is 5.56 Å². The topological polar surface area (TPSA) is 54.4 Å². The van der Waals surface area contributed by atoms with Crippen LogP contribution in [-0.4, -0.2) is 42.5 Å². The Kier molecular flexibility index (Phi) is 4.75. The van der Waals surface area contributed by atoms with Crippen LogP contribution in [0.5, 0.6) is 0 Å². The van der Waals surface area contributed by atoms with Crippen molar-refractivity contribution in [2.24, 2.45) is 0 Å². The molecule has 86 valence electrons. The van der Waals surface area contributed by atoms with Crippen LogP contribution in [0.2, 0.25) is 0 Å². The van der Waals surface area contributed by atoms with Crippen molar-refractivity contribution >= 4 is 39.7 Å². The molecule has 0 atom stereocenters. The third kappa shape index (κ3) is 2.89.